The third kappa shape index (κ3) is 6.72. The molecule has 1 amide bonds. The summed E-state index contributed by atoms with van der Waals surface area (Å²) in [5.41, 5.74) is 0.670. The van der Waals surface area contributed by atoms with Crippen LogP contribution in [-0.4, -0.2) is 56.5 Å². The molecule has 3 aromatic rings. The maximum absolute atomic E-state index is 14.5. The Morgan fingerprint density at radius 2 is 1.58 bits per heavy atom. The van der Waals surface area contributed by atoms with E-state index in [2.05, 4.69) is 5.32 Å². The molecule has 1 saturated heterocycles. The summed E-state index contributed by atoms with van der Waals surface area (Å²) in [7, 11) is -1.74. The van der Waals surface area contributed by atoms with E-state index in [0.29, 0.717) is 23.6 Å². The molecule has 0 radical (unpaired) electrons. The number of carbonyl (C=O) groups is 2. The molecule has 0 saturated carbocycles. The van der Waals surface area contributed by atoms with Crippen LogP contribution in [0.25, 0.3) is 11.1 Å². The zero-order valence-corrected chi connectivity index (χ0v) is 25.6. The van der Waals surface area contributed by atoms with Crippen LogP contribution in [0.1, 0.15) is 31.4 Å². The third-order valence-corrected chi connectivity index (χ3v) is 9.51. The van der Waals surface area contributed by atoms with Gasteiger partial charge in [0.1, 0.15) is 6.04 Å². The Bertz CT molecular complexity index is 1610. The second kappa shape index (κ2) is 13.0. The first-order valence-corrected chi connectivity index (χ1v) is 15.2. The number of hydrogen-bond donors (Lipinski definition) is 2. The summed E-state index contributed by atoms with van der Waals surface area (Å²) in [6.07, 6.45) is -0.137. The van der Waals surface area contributed by atoms with E-state index in [1.54, 1.807) is 6.92 Å². The Labute approximate surface area is 257 Å². The number of nitrogens with one attached hydrogen (secondary N) is 1. The van der Waals surface area contributed by atoms with E-state index in [-0.39, 0.29) is 44.5 Å². The van der Waals surface area contributed by atoms with Crippen LogP contribution >= 0.6 is 23.2 Å². The number of aliphatic carboxylic acids is 1. The van der Waals surface area contributed by atoms with Crippen LogP contribution in [0.5, 0.6) is 11.5 Å². The molecule has 3 atom stereocenters. The van der Waals surface area contributed by atoms with Gasteiger partial charge in [0.25, 0.3) is 0 Å². The van der Waals surface area contributed by atoms with Crippen molar-refractivity contribution in [3.8, 4) is 22.6 Å². The van der Waals surface area contributed by atoms with E-state index in [0.717, 1.165) is 4.31 Å². The van der Waals surface area contributed by atoms with Gasteiger partial charge in [-0.3, -0.25) is 9.59 Å². The molecule has 14 heteroatoms. The average Bonchev–Trinajstić information content (AvgIpc) is 3.34. The van der Waals surface area contributed by atoms with E-state index >= 15 is 0 Å². The van der Waals surface area contributed by atoms with Gasteiger partial charge in [0.05, 0.1) is 37.1 Å². The fourth-order valence-electron chi connectivity index (χ4n) is 5.20. The Morgan fingerprint density at radius 3 is 2.09 bits per heavy atom. The van der Waals surface area contributed by atoms with Crippen molar-refractivity contribution in [3.05, 3.63) is 75.8 Å². The Balaban J connectivity index is 1.65. The second-order valence-electron chi connectivity index (χ2n) is 9.99. The number of methoxy groups -OCH3 is 2. The molecular formula is C29H28Cl2F2N2O7S. The smallest absolute Gasteiger partial charge is 0.305 e. The molecule has 1 fully saturated rings. The van der Waals surface area contributed by atoms with E-state index in [1.165, 1.54) is 56.7 Å². The highest BCUT2D eigenvalue weighted by molar-refractivity contribution is 7.89. The Morgan fingerprint density at radius 1 is 1.02 bits per heavy atom. The number of carboxylic acid groups (broad SMARTS) is 1. The van der Waals surface area contributed by atoms with Gasteiger partial charge in [0.2, 0.25) is 15.9 Å². The number of carboxylic acids is 1. The van der Waals surface area contributed by atoms with Crippen molar-refractivity contribution >= 4 is 45.1 Å². The molecule has 1 unspecified atom stereocenters. The molecule has 1 heterocycles. The van der Waals surface area contributed by atoms with Crippen LogP contribution in [-0.2, 0) is 19.6 Å². The van der Waals surface area contributed by atoms with Gasteiger partial charge in [0.15, 0.2) is 23.1 Å². The largest absolute Gasteiger partial charge is 0.493 e. The summed E-state index contributed by atoms with van der Waals surface area (Å²) in [6, 6.07) is 8.25. The number of benzene rings is 3. The summed E-state index contributed by atoms with van der Waals surface area (Å²) in [4.78, 5) is 25.2. The summed E-state index contributed by atoms with van der Waals surface area (Å²) in [5, 5.41) is 12.5. The van der Waals surface area contributed by atoms with Gasteiger partial charge in [-0.05, 0) is 41.7 Å². The minimum Gasteiger partial charge on any atom is -0.493 e. The zero-order chi connectivity index (χ0) is 31.6. The zero-order valence-electron chi connectivity index (χ0n) is 23.2. The SMILES string of the molecule is COc1c(F)cc(F)c(OC)c1-c1ccc([C@@H](CC(=O)O)NC(=O)[C@@H]2C(C)CCN2S(=O)(=O)c2cc(Cl)cc(Cl)c2)cc1. The standard InChI is InChI=1S/C29H28Cl2F2N2O7S/c1-15-8-9-35(43(39,40)20-11-18(30)10-19(31)12-20)26(15)29(38)34-23(14-24(36)37)16-4-6-17(7-5-16)25-27(41-2)21(32)13-22(33)28(25)42-3/h4-7,10-13,15,23,26H,8-9,14H2,1-3H3,(H,34,38)(H,36,37)/t15?,23-,26+/m1/s1. The molecule has 1 aliphatic rings. The van der Waals surface area contributed by atoms with Gasteiger partial charge in [-0.25, -0.2) is 17.2 Å². The Kier molecular flexibility index (Phi) is 9.85. The van der Waals surface area contributed by atoms with E-state index < -0.39 is 52.0 Å². The fourth-order valence-corrected chi connectivity index (χ4v) is 7.62. The van der Waals surface area contributed by atoms with Gasteiger partial charge in [-0.2, -0.15) is 4.31 Å². The number of carbonyl (C=O) groups excluding carboxylic acids is 1. The first kappa shape index (κ1) is 32.5. The molecule has 0 bridgehead atoms. The predicted octanol–water partition coefficient (Wildman–Crippen LogP) is 5.69. The monoisotopic (exact) mass is 656 g/mol. The number of hydrogen-bond acceptors (Lipinski definition) is 6. The van der Waals surface area contributed by atoms with Crippen LogP contribution in [0.4, 0.5) is 8.78 Å². The number of sulfonamides is 1. The summed E-state index contributed by atoms with van der Waals surface area (Å²) >= 11 is 12.0. The van der Waals surface area contributed by atoms with Crippen LogP contribution in [0.2, 0.25) is 10.0 Å². The minimum absolute atomic E-state index is 0.00891. The van der Waals surface area contributed by atoms with Gasteiger partial charge >= 0.3 is 5.97 Å². The topological polar surface area (TPSA) is 122 Å². The number of halogens is 4. The highest BCUT2D eigenvalue weighted by atomic mass is 35.5. The van der Waals surface area contributed by atoms with Crippen molar-refractivity contribution in [2.24, 2.45) is 5.92 Å². The number of amides is 1. The van der Waals surface area contributed by atoms with Crippen molar-refractivity contribution in [2.75, 3.05) is 20.8 Å². The van der Waals surface area contributed by atoms with Gasteiger partial charge < -0.3 is 19.9 Å². The molecule has 9 nitrogen and oxygen atoms in total. The molecule has 0 spiro atoms. The van der Waals surface area contributed by atoms with E-state index in [4.69, 9.17) is 32.7 Å². The van der Waals surface area contributed by atoms with Crippen LogP contribution in [0, 0.1) is 17.6 Å². The molecule has 0 aliphatic carbocycles. The van der Waals surface area contributed by atoms with Crippen LogP contribution < -0.4 is 14.8 Å². The van der Waals surface area contributed by atoms with E-state index in [9.17, 15) is 31.9 Å². The number of nitrogens with zero attached hydrogens (tertiary/aromatic N) is 1. The molecular weight excluding hydrogens is 629 g/mol. The summed E-state index contributed by atoms with van der Waals surface area (Å²) in [5.74, 6) is -4.69. The molecule has 43 heavy (non-hydrogen) atoms. The lowest BCUT2D eigenvalue weighted by molar-refractivity contribution is -0.138. The van der Waals surface area contributed by atoms with Crippen molar-refractivity contribution in [1.29, 1.82) is 0 Å². The van der Waals surface area contributed by atoms with Crippen LogP contribution in [0.15, 0.2) is 53.4 Å². The maximum atomic E-state index is 14.5. The lowest BCUT2D eigenvalue weighted by atomic mass is 9.96. The minimum atomic E-state index is -4.19. The van der Waals surface area contributed by atoms with E-state index in [1.807, 2.05) is 0 Å². The Hall–Kier alpha value is -3.45. The number of rotatable bonds is 10. The maximum Gasteiger partial charge on any atom is 0.305 e. The first-order chi connectivity index (χ1) is 20.3. The predicted molar refractivity (Wildman–Crippen MR) is 156 cm³/mol. The lowest BCUT2D eigenvalue weighted by Crippen LogP contribution is -2.49. The summed E-state index contributed by atoms with van der Waals surface area (Å²) < 4.78 is 67.3. The van der Waals surface area contributed by atoms with Crippen molar-refractivity contribution < 1.29 is 41.4 Å². The molecule has 0 aromatic heterocycles. The van der Waals surface area contributed by atoms with Crippen molar-refractivity contribution in [1.82, 2.24) is 9.62 Å². The van der Waals surface area contributed by atoms with Crippen molar-refractivity contribution in [2.45, 2.75) is 36.7 Å². The quantitative estimate of drug-likeness (QED) is 0.288. The van der Waals surface area contributed by atoms with Gasteiger partial charge in [-0.1, -0.05) is 54.4 Å². The lowest BCUT2D eigenvalue weighted by Gasteiger charge is -2.28. The molecule has 2 N–H and O–H groups in total. The third-order valence-electron chi connectivity index (χ3n) is 7.21. The first-order valence-electron chi connectivity index (χ1n) is 13.0. The summed E-state index contributed by atoms with van der Waals surface area (Å²) in [6.45, 7) is 1.78. The highest BCUT2D eigenvalue weighted by Crippen LogP contribution is 2.42. The normalized spacial score (nSPS) is 17.8. The molecule has 230 valence electrons. The number of ether oxygens (including phenoxy) is 2. The molecule has 4 rings (SSSR count). The molecule has 1 aliphatic heterocycles. The highest BCUT2D eigenvalue weighted by Gasteiger charge is 2.44. The van der Waals surface area contributed by atoms with Crippen molar-refractivity contribution in [3.63, 3.8) is 0 Å². The fraction of sp³-hybridized carbons (Fsp3) is 0.310. The molecule has 3 aromatic carbocycles. The van der Waals surface area contributed by atoms with Gasteiger partial charge in [-0.15, -0.1) is 0 Å². The van der Waals surface area contributed by atoms with Crippen LogP contribution in [0.3, 0.4) is 0 Å². The van der Waals surface area contributed by atoms with Gasteiger partial charge in [0, 0.05) is 22.7 Å². The average molecular weight is 658 g/mol. The second-order valence-corrected chi connectivity index (χ2v) is 12.8.